The van der Waals surface area contributed by atoms with Gasteiger partial charge >= 0.3 is 11.9 Å². The van der Waals surface area contributed by atoms with Crippen LogP contribution in [0.2, 0.25) is 0 Å². The van der Waals surface area contributed by atoms with Crippen LogP contribution in [-0.2, 0) is 40.0 Å². The number of carbonyl (C=O) groups is 2. The van der Waals surface area contributed by atoms with Gasteiger partial charge in [0.2, 0.25) is 0 Å². The lowest BCUT2D eigenvalue weighted by Crippen LogP contribution is -2.00. The Balaban J connectivity index is 0.000000233. The highest BCUT2D eigenvalue weighted by Crippen LogP contribution is 2.34. The van der Waals surface area contributed by atoms with E-state index in [1.807, 2.05) is 6.07 Å². The van der Waals surface area contributed by atoms with E-state index in [1.54, 1.807) is 12.1 Å². The molecule has 1 aliphatic heterocycles. The molecule has 1 atom stereocenters. The summed E-state index contributed by atoms with van der Waals surface area (Å²) in [6.07, 6.45) is 9.65. The molecule has 5 nitrogen and oxygen atoms in total. The van der Waals surface area contributed by atoms with Crippen LogP contribution in [0.1, 0.15) is 109 Å². The SMILES string of the molecule is CCCCCC(=O)OC.CCCc1ccccc1C.CCc1ccc(CCc2ccccc2)cc1.COC(=O)c1ccc2c(c1)OCC2C. The normalized spacial score (nSPS) is 12.3. The fourth-order valence-electron chi connectivity index (χ4n) is 5.27. The van der Waals surface area contributed by atoms with Crippen LogP contribution in [-0.4, -0.2) is 32.8 Å². The molecule has 1 unspecified atom stereocenters. The summed E-state index contributed by atoms with van der Waals surface area (Å²) in [7, 11) is 2.80. The molecular weight excluding hydrogens is 608 g/mol. The van der Waals surface area contributed by atoms with Crippen molar-refractivity contribution in [1.82, 2.24) is 0 Å². The fourth-order valence-corrected chi connectivity index (χ4v) is 5.27. The van der Waals surface area contributed by atoms with E-state index >= 15 is 0 Å². The molecule has 0 radical (unpaired) electrons. The van der Waals surface area contributed by atoms with Crippen molar-refractivity contribution in [3.63, 3.8) is 0 Å². The third-order valence-electron chi connectivity index (χ3n) is 8.42. The zero-order valence-corrected chi connectivity index (χ0v) is 30.9. The van der Waals surface area contributed by atoms with E-state index in [0.29, 0.717) is 24.5 Å². The minimum absolute atomic E-state index is 0.0940. The minimum Gasteiger partial charge on any atom is -0.493 e. The molecule has 4 aromatic rings. The Bertz CT molecular complexity index is 1490. The predicted molar refractivity (Wildman–Crippen MR) is 203 cm³/mol. The molecule has 5 rings (SSSR count). The first kappa shape index (κ1) is 40.8. The number of ether oxygens (including phenoxy) is 3. The molecule has 264 valence electrons. The molecule has 49 heavy (non-hydrogen) atoms. The smallest absolute Gasteiger partial charge is 0.337 e. The van der Waals surface area contributed by atoms with Crippen molar-refractivity contribution in [1.29, 1.82) is 0 Å². The van der Waals surface area contributed by atoms with Gasteiger partial charge in [-0.15, -0.1) is 0 Å². The summed E-state index contributed by atoms with van der Waals surface area (Å²) in [5.74, 6) is 0.802. The second-order valence-corrected chi connectivity index (χ2v) is 12.3. The van der Waals surface area contributed by atoms with Crippen LogP contribution in [0.5, 0.6) is 5.75 Å². The predicted octanol–water partition coefficient (Wildman–Crippen LogP) is 10.7. The maximum absolute atomic E-state index is 11.2. The molecule has 0 saturated carbocycles. The third-order valence-corrected chi connectivity index (χ3v) is 8.42. The van der Waals surface area contributed by atoms with E-state index in [9.17, 15) is 9.59 Å². The first-order valence-electron chi connectivity index (χ1n) is 17.8. The van der Waals surface area contributed by atoms with Gasteiger partial charge in [-0.25, -0.2) is 4.79 Å². The van der Waals surface area contributed by atoms with Gasteiger partial charge in [0.1, 0.15) is 5.75 Å². The lowest BCUT2D eigenvalue weighted by molar-refractivity contribution is -0.140. The van der Waals surface area contributed by atoms with E-state index in [2.05, 4.69) is 123 Å². The quantitative estimate of drug-likeness (QED) is 0.118. The second-order valence-electron chi connectivity index (χ2n) is 12.3. The molecule has 5 heteroatoms. The van der Waals surface area contributed by atoms with Gasteiger partial charge in [-0.1, -0.05) is 132 Å². The van der Waals surface area contributed by atoms with E-state index < -0.39 is 0 Å². The van der Waals surface area contributed by atoms with Gasteiger partial charge < -0.3 is 14.2 Å². The topological polar surface area (TPSA) is 61.8 Å². The Labute approximate surface area is 296 Å². The van der Waals surface area contributed by atoms with Gasteiger partial charge in [0.25, 0.3) is 0 Å². The number of methoxy groups -OCH3 is 2. The van der Waals surface area contributed by atoms with Crippen molar-refractivity contribution in [2.45, 2.75) is 98.3 Å². The first-order valence-corrected chi connectivity index (χ1v) is 17.8. The van der Waals surface area contributed by atoms with E-state index in [0.717, 1.165) is 49.8 Å². The molecule has 1 heterocycles. The van der Waals surface area contributed by atoms with Crippen LogP contribution in [0.3, 0.4) is 0 Å². The number of unbranched alkanes of at least 4 members (excludes halogenated alkanes) is 2. The van der Waals surface area contributed by atoms with Crippen LogP contribution in [0, 0.1) is 6.92 Å². The van der Waals surface area contributed by atoms with Gasteiger partial charge in [-0.3, -0.25) is 4.79 Å². The average Bonchev–Trinajstić information content (AvgIpc) is 3.52. The summed E-state index contributed by atoms with van der Waals surface area (Å²) in [6.45, 7) is 11.5. The summed E-state index contributed by atoms with van der Waals surface area (Å²) in [5, 5.41) is 0. The molecule has 0 aromatic heterocycles. The number of carbonyl (C=O) groups excluding carboxylic acids is 2. The number of hydrogen-bond donors (Lipinski definition) is 0. The van der Waals surface area contributed by atoms with Gasteiger partial charge in [-0.2, -0.15) is 0 Å². The van der Waals surface area contributed by atoms with Crippen molar-refractivity contribution in [3.05, 3.63) is 136 Å². The van der Waals surface area contributed by atoms with E-state index in [-0.39, 0.29) is 11.9 Å². The van der Waals surface area contributed by atoms with Gasteiger partial charge in [0.15, 0.2) is 0 Å². The number of rotatable bonds is 11. The largest absolute Gasteiger partial charge is 0.493 e. The lowest BCUT2D eigenvalue weighted by atomic mass is 10.0. The summed E-state index contributed by atoms with van der Waals surface area (Å²) in [6, 6.07) is 33.7. The van der Waals surface area contributed by atoms with Crippen LogP contribution in [0.4, 0.5) is 0 Å². The zero-order valence-electron chi connectivity index (χ0n) is 30.9. The van der Waals surface area contributed by atoms with Gasteiger partial charge in [0.05, 0.1) is 26.4 Å². The average molecular weight is 667 g/mol. The highest BCUT2D eigenvalue weighted by atomic mass is 16.5. The number of benzene rings is 4. The molecule has 4 aromatic carbocycles. The molecular formula is C44H58O5. The minimum atomic E-state index is -0.323. The van der Waals surface area contributed by atoms with Gasteiger partial charge in [0, 0.05) is 17.9 Å². The highest BCUT2D eigenvalue weighted by molar-refractivity contribution is 5.90. The van der Waals surface area contributed by atoms with Crippen LogP contribution >= 0.6 is 0 Å². The number of hydrogen-bond acceptors (Lipinski definition) is 5. The first-order chi connectivity index (χ1) is 23.8. The molecule has 0 N–H and O–H groups in total. The Kier molecular flexibility index (Phi) is 19.9. The molecule has 0 aliphatic carbocycles. The van der Waals surface area contributed by atoms with Gasteiger partial charge in [-0.05, 0) is 79.0 Å². The standard InChI is InChI=1S/C16H18.C11H12O3.C10H14.C7H14O2/c1-2-14-8-10-16(11-9-14)13-12-15-6-4-3-5-7-15;1-7-6-14-10-5-8(11(12)13-2)3-4-9(7)10;1-3-6-10-8-5-4-7-9(10)2;1-3-4-5-6-7(8)9-2/h3-11H,2,12-13H2,1H3;3-5,7H,6H2,1-2H3;4-5,7-8H,3,6H2,1-2H3;3-6H2,1-2H3. The number of fused-ring (bicyclic) bond motifs is 1. The third kappa shape index (κ3) is 15.6. The number of esters is 2. The Morgan fingerprint density at radius 2 is 1.35 bits per heavy atom. The van der Waals surface area contributed by atoms with Crippen LogP contribution in [0.15, 0.2) is 97.1 Å². The zero-order chi connectivity index (χ0) is 35.9. The molecule has 0 amide bonds. The second kappa shape index (κ2) is 23.9. The molecule has 0 fully saturated rings. The van der Waals surface area contributed by atoms with E-state index in [1.165, 1.54) is 54.9 Å². The maximum atomic E-state index is 11.2. The van der Waals surface area contributed by atoms with E-state index in [4.69, 9.17) is 4.74 Å². The highest BCUT2D eigenvalue weighted by Gasteiger charge is 2.21. The summed E-state index contributed by atoms with van der Waals surface area (Å²) in [5.41, 5.74) is 8.89. The summed E-state index contributed by atoms with van der Waals surface area (Å²) >= 11 is 0. The maximum Gasteiger partial charge on any atom is 0.337 e. The fraction of sp³-hybridized carbons (Fsp3) is 0.409. The summed E-state index contributed by atoms with van der Waals surface area (Å²) in [4.78, 5) is 21.7. The van der Waals surface area contributed by atoms with Crippen molar-refractivity contribution >= 4 is 11.9 Å². The molecule has 0 saturated heterocycles. The van der Waals surface area contributed by atoms with Crippen molar-refractivity contribution in [2.24, 2.45) is 0 Å². The Hall–Kier alpha value is -4.38. The summed E-state index contributed by atoms with van der Waals surface area (Å²) < 4.78 is 14.5. The molecule has 0 spiro atoms. The Morgan fingerprint density at radius 3 is 1.94 bits per heavy atom. The molecule has 1 aliphatic rings. The van der Waals surface area contributed by atoms with Crippen molar-refractivity contribution in [2.75, 3.05) is 20.8 Å². The lowest BCUT2D eigenvalue weighted by Gasteiger charge is -2.03. The Morgan fingerprint density at radius 1 is 0.714 bits per heavy atom. The number of aryl methyl sites for hydroxylation is 5. The van der Waals surface area contributed by atoms with Crippen LogP contribution in [0.25, 0.3) is 0 Å². The van der Waals surface area contributed by atoms with Crippen LogP contribution < -0.4 is 4.74 Å². The van der Waals surface area contributed by atoms with Crippen molar-refractivity contribution in [3.8, 4) is 5.75 Å². The van der Waals surface area contributed by atoms with Crippen molar-refractivity contribution < 1.29 is 23.8 Å². The monoisotopic (exact) mass is 666 g/mol. The molecule has 0 bridgehead atoms.